The summed E-state index contributed by atoms with van der Waals surface area (Å²) >= 11 is 1.66. The molecule has 2 fully saturated rings. The molecule has 0 aromatic heterocycles. The molecule has 1 unspecified atom stereocenters. The number of rotatable bonds is 6. The summed E-state index contributed by atoms with van der Waals surface area (Å²) < 4.78 is 23.5. The maximum Gasteiger partial charge on any atom is 0.159 e. The number of ketones is 2. The van der Waals surface area contributed by atoms with Gasteiger partial charge < -0.3 is 4.74 Å². The van der Waals surface area contributed by atoms with Crippen LogP contribution in [-0.2, 0) is 15.7 Å². The van der Waals surface area contributed by atoms with Gasteiger partial charge in [0, 0.05) is 48.5 Å². The number of carbonyl (C=O) groups is 2. The van der Waals surface area contributed by atoms with E-state index in [1.807, 2.05) is 42.4 Å². The van der Waals surface area contributed by atoms with Crippen LogP contribution in [0, 0.1) is 0 Å². The Kier molecular flexibility index (Phi) is 9.01. The Morgan fingerprint density at radius 2 is 1.39 bits per heavy atom. The molecule has 2 aliphatic rings. The van der Waals surface area contributed by atoms with E-state index in [-0.39, 0.29) is 17.3 Å². The molecule has 2 heterocycles. The number of carbonyl (C=O) groups excluding carboxylic acids is 2. The van der Waals surface area contributed by atoms with E-state index in [9.17, 15) is 13.8 Å². The van der Waals surface area contributed by atoms with Crippen molar-refractivity contribution in [2.75, 3.05) is 26.2 Å². The first-order chi connectivity index (χ1) is 15.9. The lowest BCUT2D eigenvalue weighted by Gasteiger charge is -2.42. The lowest BCUT2D eigenvalue weighted by molar-refractivity contribution is -0.0771. The Morgan fingerprint density at radius 3 is 1.91 bits per heavy atom. The van der Waals surface area contributed by atoms with E-state index in [0.717, 1.165) is 24.3 Å². The molecule has 0 bridgehead atoms. The summed E-state index contributed by atoms with van der Waals surface area (Å²) in [6.45, 7) is 9.94. The first kappa shape index (κ1) is 25.8. The maximum absolute atomic E-state index is 13.0. The molecule has 2 aliphatic heterocycles. The Hall–Kier alpha value is -1.84. The van der Waals surface area contributed by atoms with Crippen molar-refractivity contribution in [2.24, 2.45) is 0 Å². The van der Waals surface area contributed by atoms with Crippen LogP contribution in [0.5, 0.6) is 0 Å². The van der Waals surface area contributed by atoms with Crippen LogP contribution in [0.4, 0.5) is 0 Å². The summed E-state index contributed by atoms with van der Waals surface area (Å²) in [7, 11) is -1.26. The third-order valence-electron chi connectivity index (χ3n) is 5.80. The van der Waals surface area contributed by atoms with Gasteiger partial charge in [-0.05, 0) is 50.1 Å². The molecule has 178 valence electrons. The predicted molar refractivity (Wildman–Crippen MR) is 133 cm³/mol. The number of hydrogen-bond donors (Lipinski definition) is 0. The molecule has 0 saturated carbocycles. The monoisotopic (exact) mass is 488 g/mol. The molecule has 2 saturated heterocycles. The highest BCUT2D eigenvalue weighted by molar-refractivity contribution is 7.97. The van der Waals surface area contributed by atoms with Crippen LogP contribution < -0.4 is 0 Å². The van der Waals surface area contributed by atoms with E-state index < -0.39 is 11.0 Å². The summed E-state index contributed by atoms with van der Waals surface area (Å²) in [5.41, 5.74) is 0.980. The fraction of sp³-hybridized carbons (Fsp3) is 0.440. The lowest BCUT2D eigenvalue weighted by atomic mass is 10.0. The Labute approximate surface area is 203 Å². The number of nitrogens with zero attached hydrogens (tertiary/aromatic N) is 2. The molecular formula is C25H32N2O4S2. The number of Topliss-reactive ketones (excluding diaryl/α,β-unsaturated/α-hetero) is 2. The smallest absolute Gasteiger partial charge is 0.159 e. The Bertz CT molecular complexity index is 984. The largest absolute Gasteiger partial charge is 0.358 e. The zero-order valence-corrected chi connectivity index (χ0v) is 21.3. The van der Waals surface area contributed by atoms with Crippen LogP contribution in [0.2, 0.25) is 0 Å². The molecular weight excluding hydrogens is 456 g/mol. The van der Waals surface area contributed by atoms with Crippen molar-refractivity contribution in [1.82, 2.24) is 8.61 Å². The fourth-order valence-electron chi connectivity index (χ4n) is 3.95. The van der Waals surface area contributed by atoms with E-state index >= 15 is 0 Å². The number of benzene rings is 2. The van der Waals surface area contributed by atoms with Gasteiger partial charge in [-0.15, -0.1) is 0 Å². The Balaban J connectivity index is 0.00000149. The first-order valence-electron chi connectivity index (χ1n) is 11.4. The summed E-state index contributed by atoms with van der Waals surface area (Å²) in [6, 6.07) is 14.7. The van der Waals surface area contributed by atoms with Crippen molar-refractivity contribution >= 4 is 34.5 Å². The minimum Gasteiger partial charge on any atom is -0.358 e. The third kappa shape index (κ3) is 6.00. The Morgan fingerprint density at radius 1 is 0.879 bits per heavy atom. The van der Waals surface area contributed by atoms with E-state index in [1.54, 1.807) is 43.1 Å². The van der Waals surface area contributed by atoms with Crippen molar-refractivity contribution in [1.29, 1.82) is 0 Å². The first-order valence-corrected chi connectivity index (χ1v) is 13.2. The van der Waals surface area contributed by atoms with Crippen LogP contribution in [0.1, 0.15) is 61.3 Å². The quantitative estimate of drug-likeness (QED) is 0.422. The van der Waals surface area contributed by atoms with Gasteiger partial charge in [-0.2, -0.15) is 0 Å². The highest BCUT2D eigenvalue weighted by atomic mass is 32.2. The normalized spacial score (nSPS) is 19.0. The number of hydrogen-bond acceptors (Lipinski definition) is 6. The molecule has 1 atom stereocenters. The van der Waals surface area contributed by atoms with E-state index in [2.05, 4.69) is 4.31 Å². The maximum atomic E-state index is 13.0. The van der Waals surface area contributed by atoms with Gasteiger partial charge in [-0.1, -0.05) is 38.1 Å². The molecule has 0 amide bonds. The highest BCUT2D eigenvalue weighted by Gasteiger charge is 2.46. The molecule has 8 heteroatoms. The zero-order valence-electron chi connectivity index (χ0n) is 19.7. The van der Waals surface area contributed by atoms with Crippen molar-refractivity contribution < 1.29 is 18.5 Å². The van der Waals surface area contributed by atoms with E-state index in [4.69, 9.17) is 4.74 Å². The SMILES string of the molecule is CC.CC(=O)c1ccc(SN2CCOC23CCN(S(=O)c2ccc(C(C)=O)cc2)CC3)cc1. The second kappa shape index (κ2) is 11.5. The number of piperidine rings is 1. The van der Waals surface area contributed by atoms with Crippen molar-refractivity contribution in [3.63, 3.8) is 0 Å². The molecule has 0 aliphatic carbocycles. The molecule has 0 N–H and O–H groups in total. The zero-order chi connectivity index (χ0) is 24.0. The predicted octanol–water partition coefficient (Wildman–Crippen LogP) is 4.97. The van der Waals surface area contributed by atoms with Crippen LogP contribution >= 0.6 is 11.9 Å². The van der Waals surface area contributed by atoms with Gasteiger partial charge in [0.2, 0.25) is 0 Å². The lowest BCUT2D eigenvalue weighted by Crippen LogP contribution is -2.51. The van der Waals surface area contributed by atoms with Crippen molar-refractivity contribution in [3.05, 3.63) is 59.7 Å². The third-order valence-corrected chi connectivity index (χ3v) is 8.53. The summed E-state index contributed by atoms with van der Waals surface area (Å²) in [5.74, 6) is 0.0676. The van der Waals surface area contributed by atoms with Crippen LogP contribution in [-0.4, -0.2) is 56.4 Å². The van der Waals surface area contributed by atoms with E-state index in [0.29, 0.717) is 35.7 Å². The summed E-state index contributed by atoms with van der Waals surface area (Å²) in [5, 5.41) is 0. The average Bonchev–Trinajstić information content (AvgIpc) is 3.22. The molecule has 2 aromatic carbocycles. The second-order valence-electron chi connectivity index (χ2n) is 7.83. The van der Waals surface area contributed by atoms with Gasteiger partial charge >= 0.3 is 0 Å². The van der Waals surface area contributed by atoms with Gasteiger partial charge in [-0.25, -0.2) is 12.8 Å². The summed E-state index contributed by atoms with van der Waals surface area (Å²) in [6.07, 6.45) is 1.53. The minimum absolute atomic E-state index is 0.00385. The van der Waals surface area contributed by atoms with Crippen molar-refractivity contribution in [2.45, 2.75) is 56.1 Å². The van der Waals surface area contributed by atoms with Gasteiger partial charge in [0.05, 0.1) is 11.5 Å². The standard InChI is InChI=1S/C23H26N2O4S2.C2H6/c1-17(26)19-3-7-21(8-4-19)30-25-15-16-29-23(25)11-13-24(14-12-23)31(28)22-9-5-20(6-10-22)18(2)27;1-2/h3-10H,11-16H2,1-2H3;1-2H3. The van der Waals surface area contributed by atoms with Crippen LogP contribution in [0.3, 0.4) is 0 Å². The second-order valence-corrected chi connectivity index (χ2v) is 10.4. The topological polar surface area (TPSA) is 66.9 Å². The van der Waals surface area contributed by atoms with Gasteiger partial charge in [0.25, 0.3) is 0 Å². The minimum atomic E-state index is -1.26. The van der Waals surface area contributed by atoms with E-state index in [1.165, 1.54) is 6.92 Å². The van der Waals surface area contributed by atoms with Gasteiger partial charge in [0.15, 0.2) is 11.6 Å². The molecule has 6 nitrogen and oxygen atoms in total. The molecule has 33 heavy (non-hydrogen) atoms. The highest BCUT2D eigenvalue weighted by Crippen LogP contribution is 2.41. The summed E-state index contributed by atoms with van der Waals surface area (Å²) in [4.78, 5) is 24.7. The average molecular weight is 489 g/mol. The van der Waals surface area contributed by atoms with Crippen LogP contribution in [0.25, 0.3) is 0 Å². The van der Waals surface area contributed by atoms with Crippen molar-refractivity contribution in [3.8, 4) is 0 Å². The number of ether oxygens (including phenoxy) is 1. The van der Waals surface area contributed by atoms with Gasteiger partial charge in [0.1, 0.15) is 16.7 Å². The van der Waals surface area contributed by atoms with Gasteiger partial charge in [-0.3, -0.25) is 9.59 Å². The molecule has 4 rings (SSSR count). The molecule has 2 aromatic rings. The molecule has 1 spiro atoms. The van der Waals surface area contributed by atoms with Crippen LogP contribution in [0.15, 0.2) is 58.3 Å². The molecule has 0 radical (unpaired) electrons. The fourth-order valence-corrected chi connectivity index (χ4v) is 6.21.